The number of hydrogen-bond donors (Lipinski definition) is 1. The minimum Gasteiger partial charge on any atom is -0.486 e. The monoisotopic (exact) mass is 329 g/mol. The first-order chi connectivity index (χ1) is 11.9. The van der Waals surface area contributed by atoms with Crippen LogP contribution in [0, 0.1) is 0 Å². The molecule has 2 aromatic rings. The topological polar surface area (TPSA) is 57.5 Å². The Morgan fingerprint density at radius 1 is 1.00 bits per heavy atom. The zero-order valence-electron chi connectivity index (χ0n) is 13.8. The van der Waals surface area contributed by atoms with Gasteiger partial charge in [-0.3, -0.25) is 0 Å². The van der Waals surface area contributed by atoms with Crippen LogP contribution in [0.4, 0.5) is 0 Å². The predicted molar refractivity (Wildman–Crippen MR) is 89.8 cm³/mol. The Labute approximate surface area is 141 Å². The number of nitrogens with one attached hydrogen (secondary N) is 1. The van der Waals surface area contributed by atoms with Crippen molar-refractivity contribution in [3.05, 3.63) is 18.0 Å². The van der Waals surface area contributed by atoms with Crippen molar-refractivity contribution >= 4 is 11.0 Å². The van der Waals surface area contributed by atoms with Crippen LogP contribution in [0.2, 0.25) is 0 Å². The van der Waals surface area contributed by atoms with Gasteiger partial charge in [-0.15, -0.1) is 0 Å². The van der Waals surface area contributed by atoms with Crippen molar-refractivity contribution < 1.29 is 14.2 Å². The number of ether oxygens (including phenoxy) is 3. The van der Waals surface area contributed by atoms with E-state index in [-0.39, 0.29) is 6.10 Å². The van der Waals surface area contributed by atoms with Crippen LogP contribution in [-0.4, -0.2) is 42.5 Å². The zero-order chi connectivity index (χ0) is 15.9. The van der Waals surface area contributed by atoms with Gasteiger partial charge >= 0.3 is 0 Å². The van der Waals surface area contributed by atoms with E-state index in [1.54, 1.807) is 0 Å². The molecule has 1 aromatic carbocycles. The first kappa shape index (κ1) is 14.5. The number of aromatic nitrogens is 2. The normalized spacial score (nSPS) is 24.6. The maximum Gasteiger partial charge on any atom is 0.163 e. The smallest absolute Gasteiger partial charge is 0.163 e. The molecule has 2 saturated heterocycles. The SMILES string of the molecule is c1c2c(cc3c1nc(C1CCCO1)n3C1CCNCC1)OCCO2. The lowest BCUT2D eigenvalue weighted by atomic mass is 10.1. The molecule has 0 bridgehead atoms. The standard InChI is InChI=1S/C18H23N3O3/c1-2-15(22-7-1)18-20-13-10-16-17(24-9-8-23-16)11-14(13)21(18)12-3-5-19-6-4-12/h10-12,15,19H,1-9H2. The minimum atomic E-state index is 0.117. The molecule has 3 aliphatic rings. The van der Waals surface area contributed by atoms with Gasteiger partial charge < -0.3 is 24.1 Å². The van der Waals surface area contributed by atoms with Crippen molar-refractivity contribution in [2.45, 2.75) is 37.8 Å². The van der Waals surface area contributed by atoms with E-state index >= 15 is 0 Å². The Hall–Kier alpha value is -1.79. The zero-order valence-corrected chi connectivity index (χ0v) is 13.8. The van der Waals surface area contributed by atoms with E-state index in [9.17, 15) is 0 Å². The summed E-state index contributed by atoms with van der Waals surface area (Å²) in [4.78, 5) is 4.96. The molecule has 0 aliphatic carbocycles. The van der Waals surface area contributed by atoms with Gasteiger partial charge in [-0.05, 0) is 38.8 Å². The second-order valence-corrected chi connectivity index (χ2v) is 6.81. The van der Waals surface area contributed by atoms with E-state index in [2.05, 4.69) is 16.0 Å². The molecule has 1 atom stereocenters. The second-order valence-electron chi connectivity index (χ2n) is 6.81. The number of fused-ring (bicyclic) bond motifs is 2. The fourth-order valence-electron chi connectivity index (χ4n) is 4.11. The molecule has 2 fully saturated rings. The van der Waals surface area contributed by atoms with Crippen molar-refractivity contribution in [3.8, 4) is 11.5 Å². The van der Waals surface area contributed by atoms with E-state index in [1.165, 1.54) is 0 Å². The van der Waals surface area contributed by atoms with E-state index in [1.807, 2.05) is 6.07 Å². The lowest BCUT2D eigenvalue weighted by Crippen LogP contribution is -2.30. The molecule has 1 N–H and O–H groups in total. The average molecular weight is 329 g/mol. The summed E-state index contributed by atoms with van der Waals surface area (Å²) in [5.41, 5.74) is 2.14. The van der Waals surface area contributed by atoms with Crippen LogP contribution in [0.1, 0.15) is 43.7 Å². The van der Waals surface area contributed by atoms with Gasteiger partial charge in [0, 0.05) is 24.8 Å². The Bertz CT molecular complexity index is 746. The minimum absolute atomic E-state index is 0.117. The number of piperidine rings is 1. The van der Waals surface area contributed by atoms with Gasteiger partial charge in [0.05, 0.1) is 11.0 Å². The Morgan fingerprint density at radius 3 is 2.54 bits per heavy atom. The highest BCUT2D eigenvalue weighted by atomic mass is 16.6. The van der Waals surface area contributed by atoms with Crippen molar-refractivity contribution in [2.24, 2.45) is 0 Å². The lowest BCUT2D eigenvalue weighted by Gasteiger charge is -2.27. The molecule has 0 spiro atoms. The van der Waals surface area contributed by atoms with E-state index in [0.717, 1.165) is 73.7 Å². The first-order valence-electron chi connectivity index (χ1n) is 9.04. The summed E-state index contributed by atoms with van der Waals surface area (Å²) in [6.45, 7) is 4.16. The summed E-state index contributed by atoms with van der Waals surface area (Å²) in [6, 6.07) is 4.61. The summed E-state index contributed by atoms with van der Waals surface area (Å²) in [7, 11) is 0. The molecule has 6 heteroatoms. The fourth-order valence-corrected chi connectivity index (χ4v) is 4.11. The summed E-state index contributed by atoms with van der Waals surface area (Å²) >= 11 is 0. The molecule has 24 heavy (non-hydrogen) atoms. The van der Waals surface area contributed by atoms with Crippen molar-refractivity contribution in [1.82, 2.24) is 14.9 Å². The Kier molecular flexibility index (Phi) is 3.60. The molecule has 128 valence electrons. The summed E-state index contributed by atoms with van der Waals surface area (Å²) in [5, 5.41) is 3.45. The van der Waals surface area contributed by atoms with Crippen LogP contribution in [0.5, 0.6) is 11.5 Å². The average Bonchev–Trinajstić information content (AvgIpc) is 3.28. The summed E-state index contributed by atoms with van der Waals surface area (Å²) in [5.74, 6) is 2.72. The summed E-state index contributed by atoms with van der Waals surface area (Å²) in [6.07, 6.45) is 4.54. The number of rotatable bonds is 2. The first-order valence-corrected chi connectivity index (χ1v) is 9.04. The third-order valence-corrected chi connectivity index (χ3v) is 5.27. The van der Waals surface area contributed by atoms with Gasteiger partial charge in [0.25, 0.3) is 0 Å². The Morgan fingerprint density at radius 2 is 1.79 bits per heavy atom. The maximum atomic E-state index is 5.96. The van der Waals surface area contributed by atoms with Crippen molar-refractivity contribution in [3.63, 3.8) is 0 Å². The maximum absolute atomic E-state index is 5.96. The largest absolute Gasteiger partial charge is 0.486 e. The number of benzene rings is 1. The van der Waals surface area contributed by atoms with Gasteiger partial charge in [-0.2, -0.15) is 0 Å². The fraction of sp³-hybridized carbons (Fsp3) is 0.611. The quantitative estimate of drug-likeness (QED) is 0.918. The van der Waals surface area contributed by atoms with E-state index in [4.69, 9.17) is 19.2 Å². The lowest BCUT2D eigenvalue weighted by molar-refractivity contribution is 0.0998. The molecule has 1 unspecified atom stereocenters. The number of imidazole rings is 1. The number of hydrogen-bond acceptors (Lipinski definition) is 5. The van der Waals surface area contributed by atoms with Gasteiger partial charge in [0.2, 0.25) is 0 Å². The molecule has 1 aromatic heterocycles. The highest BCUT2D eigenvalue weighted by Gasteiger charge is 2.29. The molecule has 5 rings (SSSR count). The molecule has 6 nitrogen and oxygen atoms in total. The molecular weight excluding hydrogens is 306 g/mol. The van der Waals surface area contributed by atoms with Gasteiger partial charge in [0.15, 0.2) is 11.5 Å². The second kappa shape index (κ2) is 5.93. The van der Waals surface area contributed by atoms with Crippen LogP contribution in [0.15, 0.2) is 12.1 Å². The predicted octanol–water partition coefficient (Wildman–Crippen LogP) is 2.58. The van der Waals surface area contributed by atoms with Crippen molar-refractivity contribution in [1.29, 1.82) is 0 Å². The van der Waals surface area contributed by atoms with Gasteiger partial charge in [-0.1, -0.05) is 0 Å². The highest BCUT2D eigenvalue weighted by molar-refractivity contribution is 5.81. The van der Waals surface area contributed by atoms with Crippen LogP contribution in [-0.2, 0) is 4.74 Å². The highest BCUT2D eigenvalue weighted by Crippen LogP contribution is 2.40. The van der Waals surface area contributed by atoms with Crippen LogP contribution in [0.3, 0.4) is 0 Å². The molecule has 4 heterocycles. The number of nitrogens with zero attached hydrogens (tertiary/aromatic N) is 2. The van der Waals surface area contributed by atoms with E-state index < -0.39 is 0 Å². The van der Waals surface area contributed by atoms with Crippen LogP contribution in [0.25, 0.3) is 11.0 Å². The molecular formula is C18H23N3O3. The summed E-state index contributed by atoms with van der Waals surface area (Å²) < 4.78 is 19.9. The molecule has 0 amide bonds. The van der Waals surface area contributed by atoms with Gasteiger partial charge in [0.1, 0.15) is 25.1 Å². The molecule has 0 radical (unpaired) electrons. The van der Waals surface area contributed by atoms with Gasteiger partial charge in [-0.25, -0.2) is 4.98 Å². The molecule has 3 aliphatic heterocycles. The molecule has 0 saturated carbocycles. The van der Waals surface area contributed by atoms with Crippen molar-refractivity contribution in [2.75, 3.05) is 32.9 Å². The van der Waals surface area contributed by atoms with E-state index in [0.29, 0.717) is 19.3 Å². The van der Waals surface area contributed by atoms with Crippen LogP contribution >= 0.6 is 0 Å². The Balaban J connectivity index is 1.67. The third-order valence-electron chi connectivity index (χ3n) is 5.27. The van der Waals surface area contributed by atoms with Crippen LogP contribution < -0.4 is 14.8 Å². The third kappa shape index (κ3) is 2.36.